The second-order valence-corrected chi connectivity index (χ2v) is 7.67. The van der Waals surface area contributed by atoms with Gasteiger partial charge in [-0.2, -0.15) is 0 Å². The van der Waals surface area contributed by atoms with E-state index in [2.05, 4.69) is 46.7 Å². The van der Waals surface area contributed by atoms with Crippen molar-refractivity contribution in [2.45, 2.75) is 110 Å². The standard InChI is InChI=1S/C19H37BO2/c1-6-7-8-9-10-11-12-13-14-15-16-17-20-21-18(2,3)19(4,5)22-20/h16-17H,6-15H2,1-5H3/b17-16+. The van der Waals surface area contributed by atoms with Gasteiger partial charge in [-0.1, -0.05) is 70.3 Å². The van der Waals surface area contributed by atoms with Gasteiger partial charge in [0, 0.05) is 0 Å². The van der Waals surface area contributed by atoms with Gasteiger partial charge in [-0.05, 0) is 40.5 Å². The smallest absolute Gasteiger partial charge is 0.400 e. The Morgan fingerprint density at radius 2 is 1.18 bits per heavy atom. The molecule has 0 aliphatic carbocycles. The summed E-state index contributed by atoms with van der Waals surface area (Å²) in [6.07, 6.45) is 15.8. The zero-order valence-electron chi connectivity index (χ0n) is 15.6. The van der Waals surface area contributed by atoms with Crippen LogP contribution in [0, 0.1) is 0 Å². The van der Waals surface area contributed by atoms with Crippen molar-refractivity contribution >= 4 is 7.12 Å². The molecular formula is C19H37BO2. The highest BCUT2D eigenvalue weighted by atomic mass is 16.7. The van der Waals surface area contributed by atoms with Crippen LogP contribution in [0.5, 0.6) is 0 Å². The number of rotatable bonds is 11. The first-order valence-electron chi connectivity index (χ1n) is 9.41. The van der Waals surface area contributed by atoms with E-state index in [0.29, 0.717) is 0 Å². The Morgan fingerprint density at radius 3 is 1.68 bits per heavy atom. The largest absolute Gasteiger partial charge is 0.486 e. The highest BCUT2D eigenvalue weighted by Crippen LogP contribution is 2.36. The van der Waals surface area contributed by atoms with E-state index in [9.17, 15) is 0 Å². The number of hydrogen-bond donors (Lipinski definition) is 0. The van der Waals surface area contributed by atoms with Crippen LogP contribution in [0.25, 0.3) is 0 Å². The summed E-state index contributed by atoms with van der Waals surface area (Å²) >= 11 is 0. The summed E-state index contributed by atoms with van der Waals surface area (Å²) in [5.41, 5.74) is -0.445. The Hall–Kier alpha value is -0.275. The molecule has 1 aliphatic rings. The normalized spacial score (nSPS) is 20.1. The van der Waals surface area contributed by atoms with E-state index in [1.54, 1.807) is 0 Å². The van der Waals surface area contributed by atoms with Crippen LogP contribution >= 0.6 is 0 Å². The molecule has 1 heterocycles. The van der Waals surface area contributed by atoms with Gasteiger partial charge in [0.15, 0.2) is 0 Å². The molecule has 0 amide bonds. The minimum Gasteiger partial charge on any atom is -0.400 e. The van der Waals surface area contributed by atoms with Crippen molar-refractivity contribution in [1.29, 1.82) is 0 Å². The fourth-order valence-electron chi connectivity index (χ4n) is 2.75. The lowest BCUT2D eigenvalue weighted by molar-refractivity contribution is 0.00578. The van der Waals surface area contributed by atoms with Crippen LogP contribution in [0.15, 0.2) is 12.1 Å². The molecule has 0 N–H and O–H groups in total. The second kappa shape index (κ2) is 9.77. The minimum absolute atomic E-state index is 0.177. The van der Waals surface area contributed by atoms with Crippen molar-refractivity contribution in [3.8, 4) is 0 Å². The molecular weight excluding hydrogens is 271 g/mol. The molecule has 2 nitrogen and oxygen atoms in total. The fourth-order valence-corrected chi connectivity index (χ4v) is 2.75. The molecule has 1 fully saturated rings. The lowest BCUT2D eigenvalue weighted by Crippen LogP contribution is -2.41. The molecule has 0 aromatic carbocycles. The van der Waals surface area contributed by atoms with Crippen LogP contribution in [-0.2, 0) is 9.31 Å². The van der Waals surface area contributed by atoms with Gasteiger partial charge in [0.05, 0.1) is 11.2 Å². The van der Waals surface area contributed by atoms with Gasteiger partial charge < -0.3 is 9.31 Å². The zero-order valence-corrected chi connectivity index (χ0v) is 15.6. The van der Waals surface area contributed by atoms with Gasteiger partial charge >= 0.3 is 7.12 Å². The second-order valence-electron chi connectivity index (χ2n) is 7.67. The maximum Gasteiger partial charge on any atom is 0.486 e. The Kier molecular flexibility index (Phi) is 8.78. The average molecular weight is 308 g/mol. The first-order chi connectivity index (χ1) is 10.4. The molecule has 1 rings (SSSR count). The van der Waals surface area contributed by atoms with Crippen molar-refractivity contribution in [3.63, 3.8) is 0 Å². The molecule has 0 radical (unpaired) electrons. The van der Waals surface area contributed by atoms with E-state index < -0.39 is 0 Å². The highest BCUT2D eigenvalue weighted by Gasteiger charge is 2.49. The summed E-state index contributed by atoms with van der Waals surface area (Å²) in [5.74, 6) is 2.08. The maximum absolute atomic E-state index is 5.95. The van der Waals surface area contributed by atoms with Gasteiger partial charge in [-0.25, -0.2) is 0 Å². The van der Waals surface area contributed by atoms with E-state index in [0.717, 1.165) is 6.42 Å². The third-order valence-corrected chi connectivity index (χ3v) is 5.04. The molecule has 0 bridgehead atoms. The Morgan fingerprint density at radius 1 is 0.727 bits per heavy atom. The monoisotopic (exact) mass is 308 g/mol. The van der Waals surface area contributed by atoms with Crippen LogP contribution < -0.4 is 0 Å². The predicted molar refractivity (Wildman–Crippen MR) is 97.1 cm³/mol. The van der Waals surface area contributed by atoms with Crippen LogP contribution in [0.4, 0.5) is 0 Å². The van der Waals surface area contributed by atoms with Crippen molar-refractivity contribution < 1.29 is 9.31 Å². The molecule has 128 valence electrons. The van der Waals surface area contributed by atoms with Crippen molar-refractivity contribution in [1.82, 2.24) is 0 Å². The summed E-state index contributed by atoms with van der Waals surface area (Å²) in [6.45, 7) is 10.7. The van der Waals surface area contributed by atoms with E-state index in [4.69, 9.17) is 9.31 Å². The first kappa shape index (κ1) is 19.8. The minimum atomic E-state index is -0.222. The molecule has 0 atom stereocenters. The Bertz CT molecular complexity index is 307. The highest BCUT2D eigenvalue weighted by molar-refractivity contribution is 6.51. The van der Waals surface area contributed by atoms with E-state index in [1.165, 1.54) is 57.8 Å². The summed E-state index contributed by atoms with van der Waals surface area (Å²) < 4.78 is 11.9. The van der Waals surface area contributed by atoms with Crippen LogP contribution in [0.2, 0.25) is 0 Å². The first-order valence-corrected chi connectivity index (χ1v) is 9.41. The van der Waals surface area contributed by atoms with Gasteiger partial charge in [0.25, 0.3) is 0 Å². The lowest BCUT2D eigenvalue weighted by atomic mass is 9.89. The number of hydrogen-bond acceptors (Lipinski definition) is 2. The van der Waals surface area contributed by atoms with Gasteiger partial charge in [0.2, 0.25) is 0 Å². The molecule has 22 heavy (non-hydrogen) atoms. The molecule has 0 spiro atoms. The van der Waals surface area contributed by atoms with Crippen LogP contribution in [-0.4, -0.2) is 18.3 Å². The molecule has 1 saturated heterocycles. The van der Waals surface area contributed by atoms with Gasteiger partial charge in [0.1, 0.15) is 0 Å². The van der Waals surface area contributed by atoms with Crippen molar-refractivity contribution in [2.75, 3.05) is 0 Å². The van der Waals surface area contributed by atoms with E-state index in [-0.39, 0.29) is 18.3 Å². The fraction of sp³-hybridized carbons (Fsp3) is 0.895. The lowest BCUT2D eigenvalue weighted by Gasteiger charge is -2.32. The summed E-state index contributed by atoms with van der Waals surface area (Å²) in [4.78, 5) is 0. The molecule has 0 saturated carbocycles. The molecule has 0 aromatic rings. The number of allylic oxidation sites excluding steroid dienone is 1. The molecule has 1 aliphatic heterocycles. The van der Waals surface area contributed by atoms with E-state index >= 15 is 0 Å². The zero-order chi connectivity index (χ0) is 16.5. The summed E-state index contributed by atoms with van der Waals surface area (Å²) in [5, 5.41) is 0. The molecule has 0 aromatic heterocycles. The summed E-state index contributed by atoms with van der Waals surface area (Å²) in [7, 11) is -0.177. The van der Waals surface area contributed by atoms with Crippen molar-refractivity contribution in [2.24, 2.45) is 0 Å². The van der Waals surface area contributed by atoms with Gasteiger partial charge in [-0.15, -0.1) is 0 Å². The van der Waals surface area contributed by atoms with Crippen LogP contribution in [0.3, 0.4) is 0 Å². The Labute approximate surface area is 139 Å². The third-order valence-electron chi connectivity index (χ3n) is 5.04. The third kappa shape index (κ3) is 6.87. The topological polar surface area (TPSA) is 18.5 Å². The number of unbranched alkanes of at least 4 members (excludes halogenated alkanes) is 9. The predicted octanol–water partition coefficient (Wildman–Crippen LogP) is 6.09. The van der Waals surface area contributed by atoms with Gasteiger partial charge in [-0.3, -0.25) is 0 Å². The average Bonchev–Trinajstić information content (AvgIpc) is 2.64. The molecule has 3 heteroatoms. The molecule has 0 unspecified atom stereocenters. The quantitative estimate of drug-likeness (QED) is 0.339. The van der Waals surface area contributed by atoms with Crippen molar-refractivity contribution in [3.05, 3.63) is 12.1 Å². The van der Waals surface area contributed by atoms with Crippen LogP contribution in [0.1, 0.15) is 98.8 Å². The SMILES string of the molecule is CCCCCCCCCCC/C=C/B1OC(C)(C)C(C)(C)O1. The van der Waals surface area contributed by atoms with E-state index in [1.807, 2.05) is 0 Å². The summed E-state index contributed by atoms with van der Waals surface area (Å²) in [6, 6.07) is 0. The maximum atomic E-state index is 5.95. The Balaban J connectivity index is 1.99.